The highest BCUT2D eigenvalue weighted by atomic mass is 127. The van der Waals surface area contributed by atoms with Gasteiger partial charge in [-0.15, -0.1) is 24.0 Å². The summed E-state index contributed by atoms with van der Waals surface area (Å²) in [6.07, 6.45) is 8.61. The van der Waals surface area contributed by atoms with Gasteiger partial charge in [0, 0.05) is 26.4 Å². The van der Waals surface area contributed by atoms with Crippen LogP contribution in [0.1, 0.15) is 51.5 Å². The Morgan fingerprint density at radius 1 is 1.14 bits per heavy atom. The van der Waals surface area contributed by atoms with Crippen LogP contribution >= 0.6 is 24.0 Å². The SMILES string of the molecule is CN=C(NCCc1ccc(S(C)(=O)=O)cc1)NCC1(CC(C)C)CCCC1.I. The summed E-state index contributed by atoms with van der Waals surface area (Å²) >= 11 is 0. The van der Waals surface area contributed by atoms with Crippen LogP contribution in [-0.4, -0.2) is 40.8 Å². The smallest absolute Gasteiger partial charge is 0.191 e. The Balaban J connectivity index is 0.00000392. The number of halogens is 1. The molecule has 0 saturated heterocycles. The summed E-state index contributed by atoms with van der Waals surface area (Å²) in [7, 11) is -1.33. The first-order valence-electron chi connectivity index (χ1n) is 9.98. The molecule has 1 saturated carbocycles. The molecule has 1 aromatic carbocycles. The van der Waals surface area contributed by atoms with E-state index in [1.807, 2.05) is 12.1 Å². The van der Waals surface area contributed by atoms with Crippen LogP contribution in [0.15, 0.2) is 34.2 Å². The van der Waals surface area contributed by atoms with E-state index in [1.54, 1.807) is 19.2 Å². The number of rotatable bonds is 8. The van der Waals surface area contributed by atoms with Crippen molar-refractivity contribution in [3.63, 3.8) is 0 Å². The molecule has 5 nitrogen and oxygen atoms in total. The fourth-order valence-electron chi connectivity index (χ4n) is 4.16. The van der Waals surface area contributed by atoms with Crippen molar-refractivity contribution < 1.29 is 8.42 Å². The molecule has 7 heteroatoms. The maximum absolute atomic E-state index is 11.5. The molecule has 0 spiro atoms. The van der Waals surface area contributed by atoms with Crippen LogP contribution in [0.4, 0.5) is 0 Å². The Morgan fingerprint density at radius 2 is 1.75 bits per heavy atom. The molecule has 0 unspecified atom stereocenters. The van der Waals surface area contributed by atoms with Crippen LogP contribution in [0.25, 0.3) is 0 Å². The molecule has 2 N–H and O–H groups in total. The second-order valence-corrected chi connectivity index (χ2v) is 10.3. The van der Waals surface area contributed by atoms with Crippen LogP contribution < -0.4 is 10.6 Å². The molecule has 0 atom stereocenters. The number of sulfone groups is 1. The number of nitrogens with one attached hydrogen (secondary N) is 2. The average Bonchev–Trinajstić information content (AvgIpc) is 3.05. The zero-order valence-corrected chi connectivity index (χ0v) is 20.8. The Kier molecular flexibility index (Phi) is 10.2. The van der Waals surface area contributed by atoms with Crippen LogP contribution in [-0.2, 0) is 16.3 Å². The molecular weight excluding hydrogens is 485 g/mol. The van der Waals surface area contributed by atoms with E-state index in [2.05, 4.69) is 29.5 Å². The molecule has 1 aliphatic rings. The van der Waals surface area contributed by atoms with Gasteiger partial charge in [-0.25, -0.2) is 8.42 Å². The minimum atomic E-state index is -3.13. The quantitative estimate of drug-likeness (QED) is 0.308. The first-order chi connectivity index (χ1) is 12.7. The number of guanidine groups is 1. The van der Waals surface area contributed by atoms with E-state index >= 15 is 0 Å². The van der Waals surface area contributed by atoms with E-state index in [1.165, 1.54) is 38.4 Å². The maximum Gasteiger partial charge on any atom is 0.191 e. The fourth-order valence-corrected chi connectivity index (χ4v) is 4.79. The molecule has 0 radical (unpaired) electrons. The maximum atomic E-state index is 11.5. The van der Waals surface area contributed by atoms with Crippen LogP contribution in [0.5, 0.6) is 0 Å². The Morgan fingerprint density at radius 3 is 2.25 bits per heavy atom. The molecule has 0 aromatic heterocycles. The zero-order valence-electron chi connectivity index (χ0n) is 17.6. The van der Waals surface area contributed by atoms with Crippen LogP contribution in [0.3, 0.4) is 0 Å². The summed E-state index contributed by atoms with van der Waals surface area (Å²) in [5, 5.41) is 6.91. The molecule has 0 aliphatic heterocycles. The number of hydrogen-bond donors (Lipinski definition) is 2. The van der Waals surface area contributed by atoms with Gasteiger partial charge in [0.2, 0.25) is 0 Å². The third-order valence-corrected chi connectivity index (χ3v) is 6.55. The molecular formula is C21H36IN3O2S. The number of hydrogen-bond acceptors (Lipinski definition) is 3. The number of aliphatic imine (C=N–C) groups is 1. The molecule has 28 heavy (non-hydrogen) atoms. The van der Waals surface area contributed by atoms with Gasteiger partial charge in [0.25, 0.3) is 0 Å². The van der Waals surface area contributed by atoms with Crippen molar-refractivity contribution in [1.29, 1.82) is 0 Å². The predicted octanol–water partition coefficient (Wildman–Crippen LogP) is 4.02. The van der Waals surface area contributed by atoms with Gasteiger partial charge in [-0.2, -0.15) is 0 Å². The van der Waals surface area contributed by atoms with Crippen LogP contribution in [0.2, 0.25) is 0 Å². The second kappa shape index (κ2) is 11.4. The van der Waals surface area contributed by atoms with E-state index < -0.39 is 9.84 Å². The standard InChI is InChI=1S/C21H35N3O2S.HI/c1-17(2)15-21(12-5-6-13-21)16-24-20(22-3)23-14-11-18-7-9-19(10-8-18)27(4,25)26;/h7-10,17H,5-6,11-16H2,1-4H3,(H2,22,23,24);1H. The molecule has 1 aromatic rings. The molecule has 1 aliphatic carbocycles. The van der Waals surface area contributed by atoms with E-state index in [-0.39, 0.29) is 24.0 Å². The van der Waals surface area contributed by atoms with E-state index in [0.29, 0.717) is 10.3 Å². The zero-order chi connectivity index (χ0) is 19.9. The van der Waals surface area contributed by atoms with Gasteiger partial charge in [0.1, 0.15) is 0 Å². The minimum absolute atomic E-state index is 0. The highest BCUT2D eigenvalue weighted by Gasteiger charge is 2.34. The van der Waals surface area contributed by atoms with Gasteiger partial charge in [-0.3, -0.25) is 4.99 Å². The molecule has 1 fully saturated rings. The molecule has 0 bridgehead atoms. The number of nitrogens with zero attached hydrogens (tertiary/aromatic N) is 1. The molecule has 160 valence electrons. The van der Waals surface area contributed by atoms with Crippen LogP contribution in [0, 0.1) is 11.3 Å². The molecule has 0 amide bonds. The second-order valence-electron chi connectivity index (χ2n) is 8.32. The summed E-state index contributed by atoms with van der Waals surface area (Å²) in [5.41, 5.74) is 1.52. The Bertz CT molecular complexity index is 725. The van der Waals surface area contributed by atoms with E-state index in [9.17, 15) is 8.42 Å². The first-order valence-corrected chi connectivity index (χ1v) is 11.9. The highest BCUT2D eigenvalue weighted by Crippen LogP contribution is 2.42. The lowest BCUT2D eigenvalue weighted by Crippen LogP contribution is -2.44. The Hall–Kier alpha value is -0.830. The van der Waals surface area contributed by atoms with Crippen molar-refractivity contribution in [1.82, 2.24) is 10.6 Å². The molecule has 0 heterocycles. The first kappa shape index (κ1) is 25.2. The van der Waals surface area contributed by atoms with E-state index in [4.69, 9.17) is 0 Å². The van der Waals surface area contributed by atoms with Crippen molar-refractivity contribution in [2.24, 2.45) is 16.3 Å². The van der Waals surface area contributed by atoms with Gasteiger partial charge in [0.15, 0.2) is 15.8 Å². The minimum Gasteiger partial charge on any atom is -0.356 e. The Labute approximate surface area is 188 Å². The third-order valence-electron chi connectivity index (χ3n) is 5.42. The van der Waals surface area contributed by atoms with Crippen molar-refractivity contribution in [2.45, 2.75) is 57.3 Å². The lowest BCUT2D eigenvalue weighted by atomic mass is 9.78. The van der Waals surface area contributed by atoms with Crippen molar-refractivity contribution in [2.75, 3.05) is 26.4 Å². The summed E-state index contributed by atoms with van der Waals surface area (Å²) in [5.74, 6) is 1.56. The topological polar surface area (TPSA) is 70.6 Å². The molecule has 2 rings (SSSR count). The van der Waals surface area contributed by atoms with E-state index in [0.717, 1.165) is 37.0 Å². The van der Waals surface area contributed by atoms with Gasteiger partial charge in [0.05, 0.1) is 4.90 Å². The lowest BCUT2D eigenvalue weighted by molar-refractivity contribution is 0.235. The highest BCUT2D eigenvalue weighted by molar-refractivity contribution is 14.0. The summed E-state index contributed by atoms with van der Waals surface area (Å²) in [6.45, 7) is 6.35. The fraction of sp³-hybridized carbons (Fsp3) is 0.667. The predicted molar refractivity (Wildman–Crippen MR) is 128 cm³/mol. The van der Waals surface area contributed by atoms with Crippen molar-refractivity contribution in [3.05, 3.63) is 29.8 Å². The normalized spacial score (nSPS) is 16.7. The largest absolute Gasteiger partial charge is 0.356 e. The monoisotopic (exact) mass is 521 g/mol. The summed E-state index contributed by atoms with van der Waals surface area (Å²) in [6, 6.07) is 7.11. The van der Waals surface area contributed by atoms with Crippen molar-refractivity contribution in [3.8, 4) is 0 Å². The van der Waals surface area contributed by atoms with Gasteiger partial charge in [-0.1, -0.05) is 38.8 Å². The van der Waals surface area contributed by atoms with Crippen molar-refractivity contribution >= 4 is 39.8 Å². The van der Waals surface area contributed by atoms with Gasteiger partial charge < -0.3 is 10.6 Å². The lowest BCUT2D eigenvalue weighted by Gasteiger charge is -2.32. The summed E-state index contributed by atoms with van der Waals surface area (Å²) < 4.78 is 23.0. The third kappa shape index (κ3) is 7.89. The average molecular weight is 522 g/mol. The summed E-state index contributed by atoms with van der Waals surface area (Å²) in [4.78, 5) is 4.72. The van der Waals surface area contributed by atoms with Gasteiger partial charge >= 0.3 is 0 Å². The van der Waals surface area contributed by atoms with Gasteiger partial charge in [-0.05, 0) is 54.7 Å². The number of benzene rings is 1.